The summed E-state index contributed by atoms with van der Waals surface area (Å²) in [5.41, 5.74) is 4.69. The third kappa shape index (κ3) is 8.96. The molecule has 0 atom stereocenters. The number of carbonyl (C=O) groups is 3. The highest BCUT2D eigenvalue weighted by molar-refractivity contribution is 8.00. The summed E-state index contributed by atoms with van der Waals surface area (Å²) in [6, 6.07) is 30.9. The molecule has 1 heterocycles. The molecule has 11 heteroatoms. The zero-order valence-electron chi connectivity index (χ0n) is 26.9. The number of anilines is 2. The minimum atomic E-state index is -0.551. The van der Waals surface area contributed by atoms with Crippen LogP contribution in [0, 0.1) is 18.3 Å². The molecule has 0 spiro atoms. The average molecular weight is 689 g/mol. The Hall–Kier alpha value is -5.83. The molecule has 9 nitrogen and oxygen atoms in total. The molecule has 5 aromatic rings. The van der Waals surface area contributed by atoms with Crippen LogP contribution in [0.5, 0.6) is 11.5 Å². The van der Waals surface area contributed by atoms with Crippen molar-refractivity contribution in [3.63, 3.8) is 0 Å². The summed E-state index contributed by atoms with van der Waals surface area (Å²) in [5, 5.41) is 20.6. The number of thioether (sulfide) groups is 1. The van der Waals surface area contributed by atoms with Crippen molar-refractivity contribution >= 4 is 57.6 Å². The third-order valence-corrected chi connectivity index (χ3v) is 9.12. The molecule has 0 unspecified atom stereocenters. The second-order valence-corrected chi connectivity index (χ2v) is 12.6. The molecular formula is C38H32N4O5S2. The Morgan fingerprint density at radius 2 is 1.63 bits per heavy atom. The molecule has 1 aromatic heterocycles. The van der Waals surface area contributed by atoms with Gasteiger partial charge in [0.25, 0.3) is 11.8 Å². The summed E-state index contributed by atoms with van der Waals surface area (Å²) in [4.78, 5) is 40.3. The molecule has 0 bridgehead atoms. The normalized spacial score (nSPS) is 10.9. The van der Waals surface area contributed by atoms with Crippen molar-refractivity contribution in [3.8, 4) is 28.7 Å². The molecule has 3 N–H and O–H groups in total. The topological polar surface area (TPSA) is 130 Å². The fourth-order valence-corrected chi connectivity index (χ4v) is 6.42. The molecule has 5 rings (SSSR count). The number of aryl methyl sites for hydroxylation is 1. The minimum absolute atomic E-state index is 0.00718. The van der Waals surface area contributed by atoms with Gasteiger partial charge < -0.3 is 25.4 Å². The maximum atomic E-state index is 13.6. The SMILES string of the molecule is COc1ccc(/C=C(/NC(=O)c2ccccc2)C(=O)Nc2cccc(SCC(=O)Nc3scc(-c4ccc(C)cc4)c3C#N)c2)cc1OC. The van der Waals surface area contributed by atoms with Crippen LogP contribution in [0.15, 0.2) is 113 Å². The molecule has 246 valence electrons. The van der Waals surface area contributed by atoms with E-state index in [0.717, 1.165) is 21.6 Å². The minimum Gasteiger partial charge on any atom is -0.493 e. The maximum absolute atomic E-state index is 13.6. The van der Waals surface area contributed by atoms with E-state index in [1.807, 2.05) is 42.6 Å². The van der Waals surface area contributed by atoms with Crippen LogP contribution in [-0.4, -0.2) is 37.7 Å². The molecule has 0 saturated carbocycles. The van der Waals surface area contributed by atoms with Crippen molar-refractivity contribution in [3.05, 3.63) is 130 Å². The summed E-state index contributed by atoms with van der Waals surface area (Å²) in [6.45, 7) is 2.00. The quantitative estimate of drug-likeness (QED) is 0.0903. The van der Waals surface area contributed by atoms with E-state index in [9.17, 15) is 19.6 Å². The zero-order chi connectivity index (χ0) is 34.8. The number of nitriles is 1. The average Bonchev–Trinajstić information content (AvgIpc) is 3.53. The standard InChI is InChI=1S/C38H32N4O5S2/c1-24-12-15-26(16-13-24)31-22-49-38(30(31)21-39)42-35(43)23-48-29-11-7-10-28(20-29)40-37(45)32(41-36(44)27-8-5-4-6-9-27)18-25-14-17-33(46-2)34(19-25)47-3/h4-20,22H,23H2,1-3H3,(H,40,45)(H,41,44)(H,42,43)/b32-18+. The monoisotopic (exact) mass is 688 g/mol. The number of nitrogens with zero attached hydrogens (tertiary/aromatic N) is 1. The molecule has 0 aliphatic heterocycles. The van der Waals surface area contributed by atoms with Crippen molar-refractivity contribution < 1.29 is 23.9 Å². The van der Waals surface area contributed by atoms with E-state index in [0.29, 0.717) is 38.9 Å². The fraction of sp³-hybridized carbons (Fsp3) is 0.105. The van der Waals surface area contributed by atoms with E-state index in [2.05, 4.69) is 22.0 Å². The summed E-state index contributed by atoms with van der Waals surface area (Å²) in [7, 11) is 3.04. The van der Waals surface area contributed by atoms with Gasteiger partial charge in [-0.15, -0.1) is 23.1 Å². The number of thiophene rings is 1. The van der Waals surface area contributed by atoms with Crippen LogP contribution < -0.4 is 25.4 Å². The van der Waals surface area contributed by atoms with Gasteiger partial charge in [-0.1, -0.05) is 60.2 Å². The first kappa shape index (κ1) is 34.5. The number of hydrogen-bond acceptors (Lipinski definition) is 8. The molecule has 0 fully saturated rings. The molecule has 0 radical (unpaired) electrons. The van der Waals surface area contributed by atoms with Crippen LogP contribution >= 0.6 is 23.1 Å². The van der Waals surface area contributed by atoms with Gasteiger partial charge in [0.1, 0.15) is 16.8 Å². The lowest BCUT2D eigenvalue weighted by molar-refractivity contribution is -0.114. The number of nitrogens with one attached hydrogen (secondary N) is 3. The fourth-order valence-electron chi connectivity index (χ4n) is 4.73. The van der Waals surface area contributed by atoms with E-state index in [-0.39, 0.29) is 17.4 Å². The number of amides is 3. The lowest BCUT2D eigenvalue weighted by Crippen LogP contribution is -2.30. The Morgan fingerprint density at radius 3 is 2.35 bits per heavy atom. The Labute approximate surface area is 292 Å². The number of hydrogen-bond donors (Lipinski definition) is 3. The Bertz CT molecular complexity index is 2050. The smallest absolute Gasteiger partial charge is 0.272 e. The van der Waals surface area contributed by atoms with Crippen molar-refractivity contribution in [2.75, 3.05) is 30.6 Å². The highest BCUT2D eigenvalue weighted by atomic mass is 32.2. The first-order chi connectivity index (χ1) is 23.8. The number of carbonyl (C=O) groups excluding carboxylic acids is 3. The van der Waals surface area contributed by atoms with Crippen LogP contribution in [-0.2, 0) is 9.59 Å². The van der Waals surface area contributed by atoms with Crippen molar-refractivity contribution in [1.29, 1.82) is 5.26 Å². The third-order valence-electron chi connectivity index (χ3n) is 7.23. The number of benzene rings is 4. The van der Waals surface area contributed by atoms with Crippen molar-refractivity contribution in [2.45, 2.75) is 11.8 Å². The number of rotatable bonds is 12. The van der Waals surface area contributed by atoms with E-state index >= 15 is 0 Å². The predicted octanol–water partition coefficient (Wildman–Crippen LogP) is 7.75. The molecule has 0 saturated heterocycles. The van der Waals surface area contributed by atoms with Crippen LogP contribution in [0.25, 0.3) is 17.2 Å². The highest BCUT2D eigenvalue weighted by Crippen LogP contribution is 2.35. The van der Waals surface area contributed by atoms with E-state index < -0.39 is 11.8 Å². The summed E-state index contributed by atoms with van der Waals surface area (Å²) in [6.07, 6.45) is 1.55. The highest BCUT2D eigenvalue weighted by Gasteiger charge is 2.18. The second kappa shape index (κ2) is 16.3. The predicted molar refractivity (Wildman–Crippen MR) is 195 cm³/mol. The van der Waals surface area contributed by atoms with Crippen LogP contribution in [0.3, 0.4) is 0 Å². The summed E-state index contributed by atoms with van der Waals surface area (Å²) >= 11 is 2.59. The van der Waals surface area contributed by atoms with Gasteiger partial charge in [0, 0.05) is 27.1 Å². The lowest BCUT2D eigenvalue weighted by atomic mass is 10.0. The van der Waals surface area contributed by atoms with Crippen molar-refractivity contribution in [2.24, 2.45) is 0 Å². The summed E-state index contributed by atoms with van der Waals surface area (Å²) < 4.78 is 10.7. The van der Waals surface area contributed by atoms with Crippen LogP contribution in [0.1, 0.15) is 27.0 Å². The van der Waals surface area contributed by atoms with Gasteiger partial charge in [-0.3, -0.25) is 14.4 Å². The number of methoxy groups -OCH3 is 2. The summed E-state index contributed by atoms with van der Waals surface area (Å²) in [5.74, 6) is -0.197. The van der Waals surface area contributed by atoms with Gasteiger partial charge in [0.2, 0.25) is 5.91 Å². The molecular weight excluding hydrogens is 657 g/mol. The number of ether oxygens (including phenoxy) is 2. The zero-order valence-corrected chi connectivity index (χ0v) is 28.5. The molecule has 49 heavy (non-hydrogen) atoms. The maximum Gasteiger partial charge on any atom is 0.272 e. The lowest BCUT2D eigenvalue weighted by Gasteiger charge is -2.13. The van der Waals surface area contributed by atoms with Crippen LogP contribution in [0.4, 0.5) is 10.7 Å². The largest absolute Gasteiger partial charge is 0.493 e. The van der Waals surface area contributed by atoms with Gasteiger partial charge in [-0.2, -0.15) is 5.26 Å². The molecule has 0 aliphatic rings. The van der Waals surface area contributed by atoms with Crippen molar-refractivity contribution in [1.82, 2.24) is 5.32 Å². The Balaban J connectivity index is 1.28. The molecule has 0 aliphatic carbocycles. The van der Waals surface area contributed by atoms with Gasteiger partial charge in [-0.05, 0) is 66.6 Å². The first-order valence-electron chi connectivity index (χ1n) is 15.0. The van der Waals surface area contributed by atoms with Gasteiger partial charge in [0.05, 0.1) is 25.5 Å². The van der Waals surface area contributed by atoms with E-state index in [1.54, 1.807) is 72.8 Å². The Kier molecular flexibility index (Phi) is 11.5. The van der Waals surface area contributed by atoms with Crippen LogP contribution in [0.2, 0.25) is 0 Å². The van der Waals surface area contributed by atoms with Gasteiger partial charge >= 0.3 is 0 Å². The second-order valence-electron chi connectivity index (χ2n) is 10.6. The van der Waals surface area contributed by atoms with Gasteiger partial charge in [-0.25, -0.2) is 0 Å². The van der Waals surface area contributed by atoms with Gasteiger partial charge in [0.15, 0.2) is 11.5 Å². The van der Waals surface area contributed by atoms with E-state index in [4.69, 9.17) is 9.47 Å². The Morgan fingerprint density at radius 1 is 0.878 bits per heavy atom. The molecule has 3 amide bonds. The molecule has 4 aromatic carbocycles. The van der Waals surface area contributed by atoms with E-state index in [1.165, 1.54) is 37.3 Å². The first-order valence-corrected chi connectivity index (χ1v) is 16.9.